The zero-order valence-electron chi connectivity index (χ0n) is 21.0. The summed E-state index contributed by atoms with van der Waals surface area (Å²) in [5.74, 6) is -1.06. The van der Waals surface area contributed by atoms with Crippen molar-refractivity contribution in [2.24, 2.45) is 0 Å². The first-order valence-electron chi connectivity index (χ1n) is 11.6. The van der Waals surface area contributed by atoms with E-state index in [4.69, 9.17) is 9.47 Å². The Labute approximate surface area is 207 Å². The van der Waals surface area contributed by atoms with Crippen LogP contribution in [-0.2, 0) is 37.3 Å². The van der Waals surface area contributed by atoms with Crippen LogP contribution in [0.1, 0.15) is 49.9 Å². The molecule has 2 aromatic carbocycles. The summed E-state index contributed by atoms with van der Waals surface area (Å²) in [6, 6.07) is 15.7. The maximum atomic E-state index is 11.7. The van der Waals surface area contributed by atoms with Gasteiger partial charge in [0.25, 0.3) is 0 Å². The predicted octanol–water partition coefficient (Wildman–Crippen LogP) is 4.06. The van der Waals surface area contributed by atoms with E-state index in [-0.39, 0.29) is 24.4 Å². The van der Waals surface area contributed by atoms with Crippen molar-refractivity contribution < 1.29 is 29.3 Å². The number of hydrogen-bond donors (Lipinski definition) is 2. The molecule has 2 aromatic rings. The predicted molar refractivity (Wildman–Crippen MR) is 136 cm³/mol. The highest BCUT2D eigenvalue weighted by Gasteiger charge is 2.29. The molecule has 0 amide bonds. The number of hydrogen-bond acceptors (Lipinski definition) is 6. The van der Waals surface area contributed by atoms with Crippen LogP contribution < -0.4 is 0 Å². The van der Waals surface area contributed by atoms with Crippen LogP contribution >= 0.6 is 0 Å². The summed E-state index contributed by atoms with van der Waals surface area (Å²) in [5.41, 5.74) is 4.00. The van der Waals surface area contributed by atoms with E-state index >= 15 is 0 Å². The maximum Gasteiger partial charge on any atom is 0.333 e. The summed E-state index contributed by atoms with van der Waals surface area (Å²) >= 11 is 0. The molecule has 0 aliphatic heterocycles. The normalized spacial score (nSPS) is 13.0. The standard InChI is InChI=1S/C29H36O6/c1-19(2)27(32)34-17-23(30)15-21-11-7-9-13-25(21)29(5,6)26-14-10-8-12-22(26)16-24(31)18-35-28(33)20(3)4/h7-14,23-24,30-31H,1,3,15-18H2,2,4-6H3. The minimum atomic E-state index is -0.865. The van der Waals surface area contributed by atoms with Crippen molar-refractivity contribution >= 4 is 11.9 Å². The minimum Gasteiger partial charge on any atom is -0.460 e. The van der Waals surface area contributed by atoms with Crippen LogP contribution in [-0.4, -0.2) is 47.6 Å². The zero-order valence-corrected chi connectivity index (χ0v) is 21.0. The molecule has 0 saturated carbocycles. The largest absolute Gasteiger partial charge is 0.460 e. The number of carbonyl (C=O) groups excluding carboxylic acids is 2. The number of carbonyl (C=O) groups is 2. The highest BCUT2D eigenvalue weighted by molar-refractivity contribution is 5.87. The van der Waals surface area contributed by atoms with E-state index in [0.717, 1.165) is 22.3 Å². The van der Waals surface area contributed by atoms with E-state index in [0.29, 0.717) is 12.8 Å². The van der Waals surface area contributed by atoms with E-state index in [1.54, 1.807) is 13.8 Å². The highest BCUT2D eigenvalue weighted by Crippen LogP contribution is 2.36. The fraction of sp³-hybridized carbons (Fsp3) is 0.379. The van der Waals surface area contributed by atoms with Gasteiger partial charge in [0.15, 0.2) is 0 Å². The van der Waals surface area contributed by atoms with Crippen molar-refractivity contribution in [3.8, 4) is 0 Å². The fourth-order valence-electron chi connectivity index (χ4n) is 3.98. The van der Waals surface area contributed by atoms with Crippen LogP contribution in [0.15, 0.2) is 72.8 Å². The van der Waals surface area contributed by atoms with Crippen molar-refractivity contribution in [3.05, 3.63) is 95.1 Å². The van der Waals surface area contributed by atoms with Gasteiger partial charge in [-0.15, -0.1) is 0 Å². The van der Waals surface area contributed by atoms with E-state index < -0.39 is 29.6 Å². The van der Waals surface area contributed by atoms with E-state index in [1.807, 2.05) is 48.5 Å². The van der Waals surface area contributed by atoms with Crippen LogP contribution in [0.25, 0.3) is 0 Å². The molecule has 2 unspecified atom stereocenters. The molecule has 2 atom stereocenters. The molecule has 0 aromatic heterocycles. The van der Waals surface area contributed by atoms with Gasteiger partial charge < -0.3 is 19.7 Å². The summed E-state index contributed by atoms with van der Waals surface area (Å²) in [6.07, 6.45) is -1.11. The molecule has 0 radical (unpaired) electrons. The maximum absolute atomic E-state index is 11.7. The molecule has 0 heterocycles. The Kier molecular flexibility index (Phi) is 9.99. The molecule has 0 saturated heterocycles. The number of aliphatic hydroxyl groups is 2. The van der Waals surface area contributed by atoms with Gasteiger partial charge in [-0.3, -0.25) is 0 Å². The molecule has 188 valence electrons. The van der Waals surface area contributed by atoms with Crippen LogP contribution in [0.2, 0.25) is 0 Å². The second kappa shape index (κ2) is 12.5. The monoisotopic (exact) mass is 480 g/mol. The number of ether oxygens (including phenoxy) is 2. The van der Waals surface area contributed by atoms with Gasteiger partial charge in [0.1, 0.15) is 13.2 Å². The van der Waals surface area contributed by atoms with Gasteiger partial charge in [0.05, 0.1) is 12.2 Å². The quantitative estimate of drug-likeness (QED) is 0.352. The molecule has 0 bridgehead atoms. The summed E-state index contributed by atoms with van der Waals surface area (Å²) in [7, 11) is 0. The first-order valence-corrected chi connectivity index (χ1v) is 11.6. The van der Waals surface area contributed by atoms with Crippen molar-refractivity contribution in [2.45, 2.75) is 58.2 Å². The molecule has 0 spiro atoms. The number of benzene rings is 2. The average Bonchev–Trinajstić information content (AvgIpc) is 2.81. The fourth-order valence-corrected chi connectivity index (χ4v) is 3.98. The van der Waals surface area contributed by atoms with E-state index in [2.05, 4.69) is 27.0 Å². The van der Waals surface area contributed by atoms with Crippen molar-refractivity contribution in [1.82, 2.24) is 0 Å². The third-order valence-corrected chi connectivity index (χ3v) is 5.80. The second-order valence-corrected chi connectivity index (χ2v) is 9.41. The first kappa shape index (κ1) is 28.0. The topological polar surface area (TPSA) is 93.1 Å². The molecule has 6 nitrogen and oxygen atoms in total. The second-order valence-electron chi connectivity index (χ2n) is 9.41. The van der Waals surface area contributed by atoms with Gasteiger partial charge in [0, 0.05) is 29.4 Å². The van der Waals surface area contributed by atoms with Crippen LogP contribution in [0, 0.1) is 0 Å². The first-order chi connectivity index (χ1) is 16.4. The number of aliphatic hydroxyl groups excluding tert-OH is 2. The Morgan fingerprint density at radius 3 is 1.46 bits per heavy atom. The van der Waals surface area contributed by atoms with Crippen LogP contribution in [0.5, 0.6) is 0 Å². The SMILES string of the molecule is C=C(C)C(=O)OCC(O)Cc1ccccc1C(C)(C)c1ccccc1CC(O)COC(=O)C(=C)C. The van der Waals surface area contributed by atoms with E-state index in [9.17, 15) is 19.8 Å². The van der Waals surface area contributed by atoms with Crippen LogP contribution in [0.3, 0.4) is 0 Å². The van der Waals surface area contributed by atoms with Gasteiger partial charge in [0.2, 0.25) is 0 Å². The Morgan fingerprint density at radius 2 is 1.11 bits per heavy atom. The Balaban J connectivity index is 2.24. The third kappa shape index (κ3) is 7.91. The molecule has 0 aliphatic carbocycles. The molecule has 0 aliphatic rings. The van der Waals surface area contributed by atoms with Crippen molar-refractivity contribution in [3.63, 3.8) is 0 Å². The summed E-state index contributed by atoms with van der Waals surface area (Å²) in [6.45, 7) is 14.2. The van der Waals surface area contributed by atoms with Crippen LogP contribution in [0.4, 0.5) is 0 Å². The molecule has 2 rings (SSSR count). The van der Waals surface area contributed by atoms with Crippen molar-refractivity contribution in [2.75, 3.05) is 13.2 Å². The lowest BCUT2D eigenvalue weighted by molar-refractivity contribution is -0.142. The smallest absolute Gasteiger partial charge is 0.333 e. The average molecular weight is 481 g/mol. The Bertz CT molecular complexity index is 985. The highest BCUT2D eigenvalue weighted by atomic mass is 16.5. The molecule has 35 heavy (non-hydrogen) atoms. The summed E-state index contributed by atoms with van der Waals surface area (Å²) in [4.78, 5) is 23.3. The molecule has 2 N–H and O–H groups in total. The van der Waals surface area contributed by atoms with Gasteiger partial charge in [-0.2, -0.15) is 0 Å². The number of esters is 2. The molecular weight excluding hydrogens is 444 g/mol. The summed E-state index contributed by atoms with van der Waals surface area (Å²) in [5, 5.41) is 21.0. The third-order valence-electron chi connectivity index (χ3n) is 5.80. The number of rotatable bonds is 12. The minimum absolute atomic E-state index is 0.119. The van der Waals surface area contributed by atoms with E-state index in [1.165, 1.54) is 0 Å². The Hall–Kier alpha value is -3.22. The zero-order chi connectivity index (χ0) is 26.2. The van der Waals surface area contributed by atoms with Gasteiger partial charge in [-0.25, -0.2) is 9.59 Å². The van der Waals surface area contributed by atoms with Gasteiger partial charge in [-0.1, -0.05) is 75.5 Å². The molecule has 0 fully saturated rings. The summed E-state index contributed by atoms with van der Waals surface area (Å²) < 4.78 is 10.2. The van der Waals surface area contributed by atoms with Gasteiger partial charge >= 0.3 is 11.9 Å². The van der Waals surface area contributed by atoms with Gasteiger partial charge in [-0.05, 0) is 36.1 Å². The lowest BCUT2D eigenvalue weighted by Crippen LogP contribution is -2.28. The lowest BCUT2D eigenvalue weighted by Gasteiger charge is -2.31. The molecule has 6 heteroatoms. The Morgan fingerprint density at radius 1 is 0.771 bits per heavy atom. The molecular formula is C29H36O6. The van der Waals surface area contributed by atoms with Crippen molar-refractivity contribution in [1.29, 1.82) is 0 Å². The lowest BCUT2D eigenvalue weighted by atomic mass is 9.73.